The first-order valence-electron chi connectivity index (χ1n) is 21.5. The number of nitrogens with zero attached hydrogens (tertiary/aromatic N) is 1. The summed E-state index contributed by atoms with van der Waals surface area (Å²) in [5, 5.41) is 67.2. The second-order valence-corrected chi connectivity index (χ2v) is 20.6. The molecule has 0 aromatic heterocycles. The van der Waals surface area contributed by atoms with Crippen molar-refractivity contribution in [1.29, 1.82) is 0 Å². The SMILES string of the molecule is CC(=O)OC1CC(O)CCC2(C(C)O)C#CC3CC4C#CC(CNCC5(C4)CC(CCN5)Oc4cc(c(C(O)O)cc4O)CC31)SSCC1(CCCCC1)NC(N)=NC2. The van der Waals surface area contributed by atoms with Gasteiger partial charge in [0, 0.05) is 73.0 Å². The monoisotopic (exact) mass is 853 g/mol. The number of phenols is 1. The number of aliphatic hydroxyl groups is 4. The van der Waals surface area contributed by atoms with Gasteiger partial charge in [-0.1, -0.05) is 64.5 Å². The standard InChI is InChI=1S/C44H63N5O8S2/c1-27(50)42-13-8-30-16-29-6-7-34(59-58-26-43(11-4-3-5-12-43)49-41(45)47-24-42)23-46-25-44(21-29)22-33(10-15-48-44)57-39-18-31(36(40(54)55)20-37(39)53)17-35(30)38(56-28(2)51)19-32(52)9-14-42/h18,20,27,29-30,32-35,38,40,46,48,50,52-55H,3-5,9-12,14-17,19,21-26H2,1-2H3,(H3,45,47,49). The zero-order chi connectivity index (χ0) is 41.8. The van der Waals surface area contributed by atoms with Gasteiger partial charge in [0.05, 0.1) is 29.4 Å². The van der Waals surface area contributed by atoms with E-state index in [1.165, 1.54) is 19.4 Å². The number of esters is 1. The number of phenolic OH excluding ortho intramolecular Hbond substituents is 1. The third kappa shape index (κ3) is 10.8. The summed E-state index contributed by atoms with van der Waals surface area (Å²) in [5.41, 5.74) is 5.59. The number of aliphatic imine (C=N–C) groups is 1. The largest absolute Gasteiger partial charge is 0.504 e. The summed E-state index contributed by atoms with van der Waals surface area (Å²) in [4.78, 5) is 17.8. The topological polar surface area (TPSA) is 211 Å². The molecule has 4 aliphatic heterocycles. The molecule has 10 unspecified atom stereocenters. The van der Waals surface area contributed by atoms with Crippen LogP contribution in [0.25, 0.3) is 0 Å². The van der Waals surface area contributed by atoms with Gasteiger partial charge < -0.3 is 56.7 Å². The van der Waals surface area contributed by atoms with Crippen molar-refractivity contribution >= 4 is 33.5 Å². The summed E-state index contributed by atoms with van der Waals surface area (Å²) >= 11 is 0. The lowest BCUT2D eigenvalue weighted by Crippen LogP contribution is -2.59. The molecule has 10 N–H and O–H groups in total. The van der Waals surface area contributed by atoms with Crippen molar-refractivity contribution < 1.29 is 39.8 Å². The molecule has 10 atom stereocenters. The van der Waals surface area contributed by atoms with E-state index in [0.29, 0.717) is 63.3 Å². The number of piperidine rings is 1. The molecule has 4 heterocycles. The van der Waals surface area contributed by atoms with Crippen molar-refractivity contribution in [3.8, 4) is 35.2 Å². The number of carbonyl (C=O) groups excluding carboxylic acids is 1. The number of guanidine groups is 1. The van der Waals surface area contributed by atoms with Crippen LogP contribution in [0.1, 0.15) is 108 Å². The van der Waals surface area contributed by atoms with E-state index in [0.717, 1.165) is 31.4 Å². The Bertz CT molecular complexity index is 1820. The second kappa shape index (κ2) is 19.0. The Kier molecular flexibility index (Phi) is 14.3. The van der Waals surface area contributed by atoms with Gasteiger partial charge in [-0.25, -0.2) is 0 Å². The smallest absolute Gasteiger partial charge is 0.302 e. The number of hydrogen-bond acceptors (Lipinski definition) is 15. The Morgan fingerprint density at radius 2 is 1.88 bits per heavy atom. The maximum Gasteiger partial charge on any atom is 0.302 e. The number of rotatable bonds is 3. The van der Waals surface area contributed by atoms with Crippen molar-refractivity contribution in [2.75, 3.05) is 31.9 Å². The zero-order valence-electron chi connectivity index (χ0n) is 34.4. The van der Waals surface area contributed by atoms with E-state index in [-0.39, 0.29) is 65.7 Å². The van der Waals surface area contributed by atoms with Gasteiger partial charge in [0.15, 0.2) is 23.7 Å². The number of benzene rings is 1. The van der Waals surface area contributed by atoms with E-state index in [4.69, 9.17) is 20.2 Å². The minimum absolute atomic E-state index is 0.0161. The molecular formula is C44H63N5O8S2. The summed E-state index contributed by atoms with van der Waals surface area (Å²) in [6, 6.07) is 3.00. The van der Waals surface area contributed by atoms with Crippen LogP contribution in [0.5, 0.6) is 11.5 Å². The van der Waals surface area contributed by atoms with E-state index in [2.05, 4.69) is 39.6 Å². The highest BCUT2D eigenvalue weighted by atomic mass is 33.1. The molecule has 7 rings (SSSR count). The number of nitrogens with two attached hydrogens (primary N) is 1. The molecule has 8 bridgehead atoms. The quantitative estimate of drug-likeness (QED) is 0.0926. The third-order valence-electron chi connectivity index (χ3n) is 13.6. The molecule has 1 aromatic rings. The van der Waals surface area contributed by atoms with Crippen LogP contribution in [0, 0.1) is 46.9 Å². The minimum Gasteiger partial charge on any atom is -0.504 e. The van der Waals surface area contributed by atoms with E-state index in [1.54, 1.807) is 23.8 Å². The van der Waals surface area contributed by atoms with Gasteiger partial charge in [-0.05, 0) is 82.5 Å². The van der Waals surface area contributed by atoms with Crippen molar-refractivity contribution in [2.45, 2.75) is 144 Å². The van der Waals surface area contributed by atoms with Gasteiger partial charge in [0.2, 0.25) is 0 Å². The maximum atomic E-state index is 12.9. The van der Waals surface area contributed by atoms with Crippen molar-refractivity contribution in [1.82, 2.24) is 16.0 Å². The first-order chi connectivity index (χ1) is 28.2. The Morgan fingerprint density at radius 3 is 2.64 bits per heavy atom. The molecular weight excluding hydrogens is 791 g/mol. The van der Waals surface area contributed by atoms with E-state index in [9.17, 15) is 30.3 Å². The van der Waals surface area contributed by atoms with Gasteiger partial charge in [-0.3, -0.25) is 9.79 Å². The first-order valence-corrected chi connectivity index (χ1v) is 23.9. The predicted molar refractivity (Wildman–Crippen MR) is 230 cm³/mol. The molecule has 324 valence electrons. The normalized spacial score (nSPS) is 35.6. The number of aromatic hydroxyl groups is 1. The molecule has 1 aromatic carbocycles. The Hall–Kier alpha value is -2.86. The van der Waals surface area contributed by atoms with Crippen LogP contribution in [0.15, 0.2) is 17.1 Å². The van der Waals surface area contributed by atoms with Crippen LogP contribution in [-0.4, -0.2) is 110 Å². The highest BCUT2D eigenvalue weighted by molar-refractivity contribution is 8.77. The molecule has 13 nitrogen and oxygen atoms in total. The summed E-state index contributed by atoms with van der Waals surface area (Å²) in [6.45, 7) is 5.20. The fourth-order valence-corrected chi connectivity index (χ4v) is 13.1. The fraction of sp³-hybridized carbons (Fsp3) is 0.727. The number of ether oxygens (including phenoxy) is 2. The van der Waals surface area contributed by atoms with E-state index >= 15 is 0 Å². The van der Waals surface area contributed by atoms with Crippen molar-refractivity contribution in [3.63, 3.8) is 0 Å². The average molecular weight is 854 g/mol. The summed E-state index contributed by atoms with van der Waals surface area (Å²) in [7, 11) is 3.60. The molecule has 2 aliphatic carbocycles. The van der Waals surface area contributed by atoms with Crippen LogP contribution in [-0.2, 0) is 16.0 Å². The Morgan fingerprint density at radius 1 is 1.07 bits per heavy atom. The highest BCUT2D eigenvalue weighted by Crippen LogP contribution is 2.43. The second-order valence-electron chi connectivity index (χ2n) is 18.1. The molecule has 2 fully saturated rings. The average Bonchev–Trinajstić information content (AvgIpc) is 3.25. The maximum absolute atomic E-state index is 12.9. The first kappa shape index (κ1) is 44.2. The molecule has 0 amide bonds. The lowest BCUT2D eigenvalue weighted by Gasteiger charge is -2.44. The molecule has 2 spiro atoms. The van der Waals surface area contributed by atoms with E-state index < -0.39 is 53.4 Å². The van der Waals surface area contributed by atoms with Crippen molar-refractivity contribution in [3.05, 3.63) is 23.3 Å². The molecule has 15 heteroatoms. The van der Waals surface area contributed by atoms with E-state index in [1.807, 2.05) is 10.8 Å². The van der Waals surface area contributed by atoms with Gasteiger partial charge in [0.25, 0.3) is 0 Å². The Labute approximate surface area is 356 Å². The number of carbonyl (C=O) groups is 1. The van der Waals surface area contributed by atoms with Crippen LogP contribution in [0.4, 0.5) is 0 Å². The van der Waals surface area contributed by atoms with Gasteiger partial charge in [-0.15, -0.1) is 0 Å². The summed E-state index contributed by atoms with van der Waals surface area (Å²) in [5.74, 6) is 14.0. The van der Waals surface area contributed by atoms with Crippen LogP contribution in [0.3, 0.4) is 0 Å². The molecule has 59 heavy (non-hydrogen) atoms. The molecule has 1 saturated carbocycles. The van der Waals surface area contributed by atoms with Gasteiger partial charge in [0.1, 0.15) is 12.2 Å². The van der Waals surface area contributed by atoms with Crippen LogP contribution >= 0.6 is 21.6 Å². The van der Waals surface area contributed by atoms with Crippen molar-refractivity contribution in [2.24, 2.45) is 33.9 Å². The molecule has 6 aliphatic rings. The lowest BCUT2D eigenvalue weighted by atomic mass is 9.70. The van der Waals surface area contributed by atoms with Crippen LogP contribution in [0.2, 0.25) is 0 Å². The van der Waals surface area contributed by atoms with Gasteiger partial charge in [-0.2, -0.15) is 0 Å². The number of fused-ring (bicyclic) bond motifs is 5. The Balaban J connectivity index is 1.44. The fourth-order valence-electron chi connectivity index (χ4n) is 10.2. The zero-order valence-corrected chi connectivity index (χ0v) is 36.0. The number of aliphatic hydroxyl groups excluding tert-OH is 3. The minimum atomic E-state index is -1.92. The summed E-state index contributed by atoms with van der Waals surface area (Å²) in [6.07, 6.45) is 3.78. The molecule has 1 saturated heterocycles. The summed E-state index contributed by atoms with van der Waals surface area (Å²) < 4.78 is 12.7. The lowest BCUT2D eigenvalue weighted by molar-refractivity contribution is -0.152. The highest BCUT2D eigenvalue weighted by Gasteiger charge is 2.44. The third-order valence-corrected chi connectivity index (χ3v) is 16.3. The van der Waals surface area contributed by atoms with Crippen LogP contribution < -0.4 is 26.4 Å². The number of nitrogens with one attached hydrogen (secondary N) is 3. The van der Waals surface area contributed by atoms with Gasteiger partial charge >= 0.3 is 5.97 Å². The predicted octanol–water partition coefficient (Wildman–Crippen LogP) is 3.25. The number of hydrogen-bond donors (Lipinski definition) is 9. The molecule has 0 radical (unpaired) electrons.